The van der Waals surface area contributed by atoms with Crippen molar-refractivity contribution < 1.29 is 25.2 Å². The van der Waals surface area contributed by atoms with Crippen molar-refractivity contribution in [3.05, 3.63) is 83.9 Å². The van der Waals surface area contributed by atoms with Gasteiger partial charge in [0.1, 0.15) is 0 Å². The molecule has 3 rings (SSSR count). The summed E-state index contributed by atoms with van der Waals surface area (Å²) in [5, 5.41) is 0. The van der Waals surface area contributed by atoms with Gasteiger partial charge in [-0.1, -0.05) is 54.1 Å². The van der Waals surface area contributed by atoms with Crippen molar-refractivity contribution in [2.75, 3.05) is 13.2 Å². The third kappa shape index (κ3) is 6.01. The largest absolute Gasteiger partial charge is 0.296 e. The molecular weight excluding hydrogens is 436 g/mol. The molecule has 3 aromatic rings. The fourth-order valence-electron chi connectivity index (χ4n) is 2.92. The van der Waals surface area contributed by atoms with Crippen LogP contribution in [-0.2, 0) is 28.6 Å². The molecule has 0 saturated carbocycles. The van der Waals surface area contributed by atoms with Crippen LogP contribution in [0, 0.1) is 13.8 Å². The van der Waals surface area contributed by atoms with Crippen LogP contribution in [0.5, 0.6) is 0 Å². The second-order valence-electron chi connectivity index (χ2n) is 7.06. The summed E-state index contributed by atoms with van der Waals surface area (Å²) in [7, 11) is -7.88. The lowest BCUT2D eigenvalue weighted by atomic mass is 10.0. The molecule has 0 heterocycles. The van der Waals surface area contributed by atoms with Crippen molar-refractivity contribution in [2.24, 2.45) is 0 Å². The molecule has 0 aliphatic heterocycles. The first-order chi connectivity index (χ1) is 14.7. The molecule has 0 aliphatic rings. The Morgan fingerprint density at radius 1 is 0.677 bits per heavy atom. The minimum Gasteiger partial charge on any atom is -0.266 e. The smallest absolute Gasteiger partial charge is 0.266 e. The van der Waals surface area contributed by atoms with E-state index in [0.717, 1.165) is 22.3 Å². The molecule has 0 radical (unpaired) electrons. The van der Waals surface area contributed by atoms with Crippen LogP contribution in [0.3, 0.4) is 0 Å². The van der Waals surface area contributed by atoms with Crippen LogP contribution in [-0.4, -0.2) is 30.0 Å². The predicted molar refractivity (Wildman–Crippen MR) is 119 cm³/mol. The summed E-state index contributed by atoms with van der Waals surface area (Å²) in [5.41, 5.74) is 3.59. The maximum atomic E-state index is 12.6. The molecule has 0 fully saturated rings. The zero-order valence-corrected chi connectivity index (χ0v) is 18.9. The minimum absolute atomic E-state index is 0.0464. The quantitative estimate of drug-likeness (QED) is 0.346. The molecule has 8 heteroatoms. The zero-order valence-electron chi connectivity index (χ0n) is 17.3. The Bertz CT molecular complexity index is 1230. The molecule has 0 aliphatic carbocycles. The summed E-state index contributed by atoms with van der Waals surface area (Å²) in [4.78, 5) is 0.102. The van der Waals surface area contributed by atoms with Gasteiger partial charge in [0.15, 0.2) is 0 Å². The van der Waals surface area contributed by atoms with E-state index in [0.29, 0.717) is 0 Å². The van der Waals surface area contributed by atoms with Crippen LogP contribution in [0.4, 0.5) is 0 Å². The molecule has 0 atom stereocenters. The van der Waals surface area contributed by atoms with E-state index in [-0.39, 0.29) is 29.4 Å². The van der Waals surface area contributed by atoms with E-state index in [4.69, 9.17) is 8.37 Å². The third-order valence-electron chi connectivity index (χ3n) is 4.66. The third-order valence-corrected chi connectivity index (χ3v) is 7.29. The lowest BCUT2D eigenvalue weighted by Crippen LogP contribution is -2.12. The summed E-state index contributed by atoms with van der Waals surface area (Å²) in [6.07, 6.45) is 0.0989. The second kappa shape index (κ2) is 9.74. The molecule has 0 spiro atoms. The van der Waals surface area contributed by atoms with E-state index in [2.05, 4.69) is 0 Å². The molecule has 164 valence electrons. The van der Waals surface area contributed by atoms with E-state index in [1.807, 2.05) is 44.2 Å². The van der Waals surface area contributed by atoms with Crippen LogP contribution < -0.4 is 0 Å². The lowest BCUT2D eigenvalue weighted by Gasteiger charge is -2.10. The highest BCUT2D eigenvalue weighted by Gasteiger charge is 2.18. The number of hydrogen-bond acceptors (Lipinski definition) is 6. The minimum atomic E-state index is -3.99. The number of benzene rings is 3. The van der Waals surface area contributed by atoms with Gasteiger partial charge in [-0.15, -0.1) is 0 Å². The van der Waals surface area contributed by atoms with Crippen molar-refractivity contribution in [3.63, 3.8) is 0 Å². The SMILES string of the molecule is Cc1ccc(S(=O)(=O)OCCCOS(=O)(=O)c2ccc(C)c(-c3ccccc3)c2)cc1. The summed E-state index contributed by atoms with van der Waals surface area (Å²) in [6, 6.07) is 20.6. The first-order valence-corrected chi connectivity index (χ1v) is 12.5. The molecule has 0 amide bonds. The van der Waals surface area contributed by atoms with Crippen molar-refractivity contribution in [3.8, 4) is 11.1 Å². The van der Waals surface area contributed by atoms with Gasteiger partial charge >= 0.3 is 0 Å². The summed E-state index contributed by atoms with van der Waals surface area (Å²) in [5.74, 6) is 0. The highest BCUT2D eigenvalue weighted by Crippen LogP contribution is 2.27. The van der Waals surface area contributed by atoms with Crippen molar-refractivity contribution in [2.45, 2.75) is 30.1 Å². The van der Waals surface area contributed by atoms with Crippen LogP contribution in [0.1, 0.15) is 17.5 Å². The molecule has 0 bridgehead atoms. The molecule has 0 saturated heterocycles. The molecule has 0 unspecified atom stereocenters. The Kier molecular flexibility index (Phi) is 7.27. The first kappa shape index (κ1) is 23.1. The zero-order chi connectivity index (χ0) is 22.5. The van der Waals surface area contributed by atoms with E-state index in [9.17, 15) is 16.8 Å². The van der Waals surface area contributed by atoms with Gasteiger partial charge in [-0.3, -0.25) is 8.37 Å². The van der Waals surface area contributed by atoms with Crippen LogP contribution >= 0.6 is 0 Å². The van der Waals surface area contributed by atoms with E-state index in [1.165, 1.54) is 18.2 Å². The van der Waals surface area contributed by atoms with Gasteiger partial charge in [0, 0.05) is 0 Å². The molecule has 3 aromatic carbocycles. The van der Waals surface area contributed by atoms with Crippen molar-refractivity contribution in [1.82, 2.24) is 0 Å². The molecule has 6 nitrogen and oxygen atoms in total. The maximum absolute atomic E-state index is 12.6. The number of hydrogen-bond donors (Lipinski definition) is 0. The van der Waals surface area contributed by atoms with Gasteiger partial charge in [-0.05, 0) is 61.2 Å². The Morgan fingerprint density at radius 3 is 1.84 bits per heavy atom. The van der Waals surface area contributed by atoms with Crippen LogP contribution in [0.15, 0.2) is 82.6 Å². The van der Waals surface area contributed by atoms with Gasteiger partial charge in [0.05, 0.1) is 23.0 Å². The van der Waals surface area contributed by atoms with E-state index in [1.54, 1.807) is 24.3 Å². The lowest BCUT2D eigenvalue weighted by molar-refractivity contribution is 0.254. The highest BCUT2D eigenvalue weighted by molar-refractivity contribution is 7.87. The highest BCUT2D eigenvalue weighted by atomic mass is 32.2. The topological polar surface area (TPSA) is 86.7 Å². The fraction of sp³-hybridized carbons (Fsp3) is 0.217. The molecule has 0 N–H and O–H groups in total. The maximum Gasteiger partial charge on any atom is 0.296 e. The van der Waals surface area contributed by atoms with E-state index < -0.39 is 20.2 Å². The molecule has 31 heavy (non-hydrogen) atoms. The Balaban J connectivity index is 1.59. The van der Waals surface area contributed by atoms with Crippen molar-refractivity contribution in [1.29, 1.82) is 0 Å². The van der Waals surface area contributed by atoms with Gasteiger partial charge in [0.25, 0.3) is 20.2 Å². The Hall–Kier alpha value is -2.52. The van der Waals surface area contributed by atoms with Gasteiger partial charge in [-0.2, -0.15) is 16.8 Å². The fourth-order valence-corrected chi connectivity index (χ4v) is 4.84. The van der Waals surface area contributed by atoms with Gasteiger partial charge < -0.3 is 0 Å². The van der Waals surface area contributed by atoms with E-state index >= 15 is 0 Å². The molecular formula is C23H24O6S2. The average Bonchev–Trinajstić information content (AvgIpc) is 2.74. The standard InChI is InChI=1S/C23H24O6S2/c1-18-9-12-21(13-10-18)30(24,25)28-15-6-16-29-31(26,27)22-14-11-19(2)23(17-22)20-7-4-3-5-8-20/h3-5,7-14,17H,6,15-16H2,1-2H3. The second-order valence-corrected chi connectivity index (χ2v) is 10.3. The van der Waals surface area contributed by atoms with Crippen LogP contribution in [0.25, 0.3) is 11.1 Å². The molecule has 0 aromatic heterocycles. The Labute approximate surface area is 183 Å². The van der Waals surface area contributed by atoms with Gasteiger partial charge in [0.2, 0.25) is 0 Å². The number of rotatable bonds is 9. The summed E-state index contributed by atoms with van der Waals surface area (Å²) >= 11 is 0. The summed E-state index contributed by atoms with van der Waals surface area (Å²) < 4.78 is 59.5. The monoisotopic (exact) mass is 460 g/mol. The number of aryl methyl sites for hydroxylation is 2. The van der Waals surface area contributed by atoms with Crippen molar-refractivity contribution >= 4 is 20.2 Å². The van der Waals surface area contributed by atoms with Crippen LogP contribution in [0.2, 0.25) is 0 Å². The summed E-state index contributed by atoms with van der Waals surface area (Å²) in [6.45, 7) is 3.38. The normalized spacial score (nSPS) is 12.1. The van der Waals surface area contributed by atoms with Gasteiger partial charge in [-0.25, -0.2) is 0 Å². The predicted octanol–water partition coefficient (Wildman–Crippen LogP) is 4.47. The average molecular weight is 461 g/mol. The first-order valence-electron chi connectivity index (χ1n) is 9.71. The Morgan fingerprint density at radius 2 is 1.23 bits per heavy atom.